The van der Waals surface area contributed by atoms with E-state index in [-0.39, 0.29) is 18.0 Å². The van der Waals surface area contributed by atoms with Crippen LogP contribution < -0.4 is 4.72 Å². The Kier molecular flexibility index (Phi) is 5.10. The predicted molar refractivity (Wildman–Crippen MR) is 82.6 cm³/mol. The number of aliphatic hydroxyl groups is 1. The topological polar surface area (TPSA) is 79.3 Å². The van der Waals surface area contributed by atoms with E-state index in [1.165, 1.54) is 11.3 Å². The number of aliphatic hydroxyl groups excluding tert-OH is 1. The summed E-state index contributed by atoms with van der Waals surface area (Å²) in [4.78, 5) is 4.86. The summed E-state index contributed by atoms with van der Waals surface area (Å²) in [6, 6.07) is 3.77. The zero-order valence-electron chi connectivity index (χ0n) is 12.0. The molecule has 2 heterocycles. The number of nitrogens with one attached hydrogen (secondary N) is 1. The van der Waals surface area contributed by atoms with Gasteiger partial charge in [0.15, 0.2) is 0 Å². The number of sulfonamides is 1. The third-order valence-electron chi connectivity index (χ3n) is 3.20. The van der Waals surface area contributed by atoms with Gasteiger partial charge in [-0.1, -0.05) is 13.0 Å². The van der Waals surface area contributed by atoms with Crippen LogP contribution in [0.5, 0.6) is 0 Å². The normalized spacial score (nSPS) is 11.8. The van der Waals surface area contributed by atoms with E-state index in [1.54, 1.807) is 18.5 Å². The second-order valence-electron chi connectivity index (χ2n) is 4.62. The van der Waals surface area contributed by atoms with E-state index in [0.29, 0.717) is 10.4 Å². The monoisotopic (exact) mass is 326 g/mol. The number of hydrogen-bond acceptors (Lipinski definition) is 5. The van der Waals surface area contributed by atoms with Gasteiger partial charge in [-0.2, -0.15) is 0 Å². The molecule has 0 aliphatic carbocycles. The van der Waals surface area contributed by atoms with Gasteiger partial charge in [0, 0.05) is 6.20 Å². The fourth-order valence-corrected chi connectivity index (χ4v) is 4.79. The Balaban J connectivity index is 2.24. The third kappa shape index (κ3) is 3.49. The molecule has 0 spiro atoms. The number of thiophene rings is 1. The number of pyridine rings is 1. The molecule has 0 aromatic carbocycles. The SMILES string of the molecule is CCc1cccnc1CNS(=O)(=O)c1c(C)csc1CO. The van der Waals surface area contributed by atoms with Crippen molar-refractivity contribution in [2.24, 2.45) is 0 Å². The fourth-order valence-electron chi connectivity index (χ4n) is 2.15. The summed E-state index contributed by atoms with van der Waals surface area (Å²) < 4.78 is 27.4. The highest BCUT2D eigenvalue weighted by Crippen LogP contribution is 2.26. The molecule has 2 aromatic heterocycles. The minimum atomic E-state index is -3.65. The van der Waals surface area contributed by atoms with Crippen LogP contribution in [0.15, 0.2) is 28.6 Å². The minimum Gasteiger partial charge on any atom is -0.391 e. The number of hydrogen-bond donors (Lipinski definition) is 2. The Bertz CT molecular complexity index is 724. The first-order valence-corrected chi connectivity index (χ1v) is 8.96. The third-order valence-corrected chi connectivity index (χ3v) is 6.05. The molecule has 114 valence electrons. The second kappa shape index (κ2) is 6.65. The van der Waals surface area contributed by atoms with Gasteiger partial charge in [-0.25, -0.2) is 13.1 Å². The van der Waals surface area contributed by atoms with Crippen LogP contribution in [0.3, 0.4) is 0 Å². The van der Waals surface area contributed by atoms with Crippen molar-refractivity contribution in [2.45, 2.75) is 38.3 Å². The van der Waals surface area contributed by atoms with Crippen LogP contribution in [-0.4, -0.2) is 18.5 Å². The number of aryl methyl sites for hydroxylation is 2. The van der Waals surface area contributed by atoms with Gasteiger partial charge >= 0.3 is 0 Å². The van der Waals surface area contributed by atoms with Gasteiger partial charge in [-0.15, -0.1) is 11.3 Å². The van der Waals surface area contributed by atoms with E-state index in [0.717, 1.165) is 17.7 Å². The number of aromatic nitrogens is 1. The Hall–Kier alpha value is -1.28. The summed E-state index contributed by atoms with van der Waals surface area (Å²) in [5.41, 5.74) is 2.39. The van der Waals surface area contributed by atoms with Gasteiger partial charge in [0.05, 0.1) is 23.7 Å². The Labute approximate surface area is 128 Å². The maximum atomic E-state index is 12.4. The average molecular weight is 326 g/mol. The van der Waals surface area contributed by atoms with Gasteiger partial charge in [0.2, 0.25) is 10.0 Å². The Morgan fingerprint density at radius 3 is 2.86 bits per heavy atom. The van der Waals surface area contributed by atoms with Crippen molar-refractivity contribution < 1.29 is 13.5 Å². The zero-order chi connectivity index (χ0) is 15.5. The van der Waals surface area contributed by atoms with Gasteiger partial charge in [0.1, 0.15) is 4.90 Å². The molecular formula is C14H18N2O3S2. The average Bonchev–Trinajstić information content (AvgIpc) is 2.87. The molecule has 0 bridgehead atoms. The first kappa shape index (κ1) is 16.1. The molecule has 2 aromatic rings. The molecule has 0 amide bonds. The molecule has 0 saturated carbocycles. The molecule has 0 unspecified atom stereocenters. The highest BCUT2D eigenvalue weighted by atomic mass is 32.2. The summed E-state index contributed by atoms with van der Waals surface area (Å²) in [5.74, 6) is 0. The molecule has 2 N–H and O–H groups in total. The molecule has 0 atom stereocenters. The van der Waals surface area contributed by atoms with Crippen LogP contribution in [0, 0.1) is 6.92 Å². The number of rotatable bonds is 6. The highest BCUT2D eigenvalue weighted by Gasteiger charge is 2.22. The summed E-state index contributed by atoms with van der Waals surface area (Å²) in [5, 5.41) is 11.0. The highest BCUT2D eigenvalue weighted by molar-refractivity contribution is 7.89. The van der Waals surface area contributed by atoms with E-state index in [1.807, 2.05) is 19.1 Å². The first-order valence-electron chi connectivity index (χ1n) is 6.59. The lowest BCUT2D eigenvalue weighted by Gasteiger charge is -2.10. The van der Waals surface area contributed by atoms with E-state index >= 15 is 0 Å². The first-order chi connectivity index (χ1) is 9.99. The second-order valence-corrected chi connectivity index (χ2v) is 7.28. The molecule has 0 fully saturated rings. The molecule has 0 radical (unpaired) electrons. The molecule has 0 saturated heterocycles. The molecule has 7 heteroatoms. The van der Waals surface area contributed by atoms with E-state index in [9.17, 15) is 13.5 Å². The lowest BCUT2D eigenvalue weighted by molar-refractivity contribution is 0.282. The molecular weight excluding hydrogens is 308 g/mol. The van der Waals surface area contributed by atoms with Crippen molar-refractivity contribution in [3.8, 4) is 0 Å². The minimum absolute atomic E-state index is 0.145. The van der Waals surface area contributed by atoms with E-state index in [2.05, 4.69) is 9.71 Å². The Morgan fingerprint density at radius 1 is 1.43 bits per heavy atom. The Morgan fingerprint density at radius 2 is 2.19 bits per heavy atom. The van der Waals surface area contributed by atoms with Crippen LogP contribution >= 0.6 is 11.3 Å². The molecule has 2 rings (SSSR count). The van der Waals surface area contributed by atoms with E-state index in [4.69, 9.17) is 0 Å². The van der Waals surface area contributed by atoms with Crippen LogP contribution in [-0.2, 0) is 29.6 Å². The van der Waals surface area contributed by atoms with Gasteiger partial charge < -0.3 is 5.11 Å². The lowest BCUT2D eigenvalue weighted by atomic mass is 10.1. The van der Waals surface area contributed by atoms with Crippen molar-refractivity contribution in [3.63, 3.8) is 0 Å². The largest absolute Gasteiger partial charge is 0.391 e. The maximum absolute atomic E-state index is 12.4. The van der Waals surface area contributed by atoms with Gasteiger partial charge in [-0.3, -0.25) is 4.98 Å². The maximum Gasteiger partial charge on any atom is 0.242 e. The van der Waals surface area contributed by atoms with Crippen LogP contribution in [0.2, 0.25) is 0 Å². The summed E-state index contributed by atoms with van der Waals surface area (Å²) in [7, 11) is -3.65. The van der Waals surface area contributed by atoms with Crippen LogP contribution in [0.25, 0.3) is 0 Å². The fraction of sp³-hybridized carbons (Fsp3) is 0.357. The molecule has 21 heavy (non-hydrogen) atoms. The van der Waals surface area contributed by atoms with Crippen molar-refractivity contribution >= 4 is 21.4 Å². The quantitative estimate of drug-likeness (QED) is 0.851. The van der Waals surface area contributed by atoms with Gasteiger partial charge in [-0.05, 0) is 35.9 Å². The van der Waals surface area contributed by atoms with Crippen molar-refractivity contribution in [1.29, 1.82) is 0 Å². The zero-order valence-corrected chi connectivity index (χ0v) is 13.6. The molecule has 5 nitrogen and oxygen atoms in total. The van der Waals surface area contributed by atoms with Gasteiger partial charge in [0.25, 0.3) is 0 Å². The van der Waals surface area contributed by atoms with Crippen LogP contribution in [0.1, 0.15) is 28.6 Å². The van der Waals surface area contributed by atoms with Crippen molar-refractivity contribution in [1.82, 2.24) is 9.71 Å². The van der Waals surface area contributed by atoms with Crippen molar-refractivity contribution in [2.75, 3.05) is 0 Å². The van der Waals surface area contributed by atoms with E-state index < -0.39 is 10.0 Å². The summed E-state index contributed by atoms with van der Waals surface area (Å²) in [6.45, 7) is 3.59. The summed E-state index contributed by atoms with van der Waals surface area (Å²) >= 11 is 1.25. The standard InChI is InChI=1S/C14H18N2O3S2/c1-3-11-5-4-6-15-12(11)7-16-21(18,19)14-10(2)9-20-13(14)8-17/h4-6,9,16-17H,3,7-8H2,1-2H3. The van der Waals surface area contributed by atoms with Crippen molar-refractivity contribution in [3.05, 3.63) is 45.4 Å². The molecule has 0 aliphatic heterocycles. The lowest BCUT2D eigenvalue weighted by Crippen LogP contribution is -2.25. The van der Waals surface area contributed by atoms with Crippen LogP contribution in [0.4, 0.5) is 0 Å². The molecule has 0 aliphatic rings. The predicted octanol–water partition coefficient (Wildman–Crippen LogP) is 1.98. The summed E-state index contributed by atoms with van der Waals surface area (Å²) in [6.07, 6.45) is 2.45. The number of nitrogens with zero attached hydrogens (tertiary/aromatic N) is 1. The smallest absolute Gasteiger partial charge is 0.242 e.